The fraction of sp³-hybridized carbons (Fsp3) is 0.188. The number of hydrogen-bond donors (Lipinski definition) is 0. The van der Waals surface area contributed by atoms with Gasteiger partial charge in [0.2, 0.25) is 5.56 Å². The lowest BCUT2D eigenvalue weighted by Gasteiger charge is -2.14. The van der Waals surface area contributed by atoms with Crippen LogP contribution in [0, 0.1) is 0 Å². The van der Waals surface area contributed by atoms with Gasteiger partial charge in [-0.05, 0) is 24.6 Å². The Morgan fingerprint density at radius 3 is 2.00 bits per heavy atom. The van der Waals surface area contributed by atoms with Gasteiger partial charge >= 0.3 is 0 Å². The summed E-state index contributed by atoms with van der Waals surface area (Å²) in [5.74, 6) is -0.507. The summed E-state index contributed by atoms with van der Waals surface area (Å²) >= 11 is 0. The first-order valence-electron chi connectivity index (χ1n) is 6.79. The molecule has 0 N–H and O–H groups in total. The molecule has 0 unspecified atom stereocenters. The maximum Gasteiger partial charge on any atom is 0.261 e. The second-order valence-electron chi connectivity index (χ2n) is 4.89. The number of carbonyl (C=O) groups excluding carboxylic acids is 2. The van der Waals surface area contributed by atoms with Crippen LogP contribution >= 0.6 is 0 Å². The molecule has 2 aromatic rings. The van der Waals surface area contributed by atoms with E-state index in [1.54, 1.807) is 47.2 Å². The van der Waals surface area contributed by atoms with Crippen molar-refractivity contribution in [1.29, 1.82) is 0 Å². The summed E-state index contributed by atoms with van der Waals surface area (Å²) in [5, 5.41) is 0. The Kier molecular flexibility index (Phi) is 3.39. The first kappa shape index (κ1) is 13.3. The third-order valence-electron chi connectivity index (χ3n) is 3.56. The molecule has 0 fully saturated rings. The number of carbonyl (C=O) groups is 2. The van der Waals surface area contributed by atoms with E-state index in [2.05, 4.69) is 0 Å². The lowest BCUT2D eigenvalue weighted by atomic mass is 10.1. The summed E-state index contributed by atoms with van der Waals surface area (Å²) in [6.45, 7) is 0.792. The van der Waals surface area contributed by atoms with Gasteiger partial charge in [-0.15, -0.1) is 0 Å². The van der Waals surface area contributed by atoms with Gasteiger partial charge in [0, 0.05) is 25.4 Å². The van der Waals surface area contributed by atoms with Crippen molar-refractivity contribution in [3.05, 3.63) is 70.1 Å². The summed E-state index contributed by atoms with van der Waals surface area (Å²) in [6, 6.07) is 11.8. The van der Waals surface area contributed by atoms with E-state index in [1.165, 1.54) is 11.0 Å². The highest BCUT2D eigenvalue weighted by atomic mass is 16.2. The van der Waals surface area contributed by atoms with Gasteiger partial charge in [-0.25, -0.2) is 0 Å². The van der Waals surface area contributed by atoms with Gasteiger partial charge in [-0.2, -0.15) is 0 Å². The van der Waals surface area contributed by atoms with Crippen LogP contribution in [0.2, 0.25) is 0 Å². The van der Waals surface area contributed by atoms with Crippen LogP contribution in [0.5, 0.6) is 0 Å². The van der Waals surface area contributed by atoms with Gasteiger partial charge in [0.15, 0.2) is 0 Å². The third-order valence-corrected chi connectivity index (χ3v) is 3.56. The van der Waals surface area contributed by atoms with Crippen molar-refractivity contribution >= 4 is 11.8 Å². The maximum atomic E-state index is 12.2. The molecule has 3 rings (SSSR count). The molecule has 0 bridgehead atoms. The van der Waals surface area contributed by atoms with Crippen molar-refractivity contribution < 1.29 is 9.59 Å². The van der Waals surface area contributed by atoms with Crippen molar-refractivity contribution in [1.82, 2.24) is 9.47 Å². The quantitative estimate of drug-likeness (QED) is 0.799. The predicted molar refractivity (Wildman–Crippen MR) is 77.1 cm³/mol. The molecule has 5 nitrogen and oxygen atoms in total. The molecular weight excluding hydrogens is 268 g/mol. The van der Waals surface area contributed by atoms with E-state index in [0.717, 1.165) is 0 Å². The molecule has 0 atom stereocenters. The van der Waals surface area contributed by atoms with Gasteiger partial charge < -0.3 is 4.57 Å². The number of pyridine rings is 1. The molecule has 0 aliphatic carbocycles. The summed E-state index contributed by atoms with van der Waals surface area (Å²) in [4.78, 5) is 37.1. The van der Waals surface area contributed by atoms with E-state index in [4.69, 9.17) is 0 Å². The minimum Gasteiger partial charge on any atom is -0.315 e. The van der Waals surface area contributed by atoms with Crippen LogP contribution in [0.15, 0.2) is 53.5 Å². The fourth-order valence-electron chi connectivity index (χ4n) is 2.49. The Balaban J connectivity index is 1.68. The third kappa shape index (κ3) is 2.38. The van der Waals surface area contributed by atoms with Crippen LogP contribution < -0.4 is 5.56 Å². The number of rotatable bonds is 4. The number of imide groups is 1. The first-order chi connectivity index (χ1) is 10.2. The Hall–Kier alpha value is -2.69. The van der Waals surface area contributed by atoms with E-state index < -0.39 is 0 Å². The number of nitrogens with zero attached hydrogens (tertiary/aromatic N) is 2. The average molecular weight is 282 g/mol. The van der Waals surface area contributed by atoms with Crippen LogP contribution in [-0.4, -0.2) is 27.8 Å². The summed E-state index contributed by atoms with van der Waals surface area (Å²) in [7, 11) is 0. The number of fused-ring (bicyclic) bond motifs is 1. The van der Waals surface area contributed by atoms with Gasteiger partial charge in [0.1, 0.15) is 0 Å². The van der Waals surface area contributed by atoms with Gasteiger partial charge in [-0.3, -0.25) is 19.3 Å². The fourth-order valence-corrected chi connectivity index (χ4v) is 2.49. The Labute approximate surface area is 121 Å². The molecule has 2 amide bonds. The Morgan fingerprint density at radius 1 is 0.762 bits per heavy atom. The van der Waals surface area contributed by atoms with E-state index in [0.29, 0.717) is 30.6 Å². The monoisotopic (exact) mass is 282 g/mol. The van der Waals surface area contributed by atoms with Crippen molar-refractivity contribution in [2.24, 2.45) is 0 Å². The molecule has 0 saturated carbocycles. The standard InChI is InChI=1S/C16H14N2O3/c19-14-8-3-4-9-17(14)10-5-11-18-15(20)12-6-1-2-7-13(12)16(18)21/h1-4,6-9H,5,10-11H2. The maximum absolute atomic E-state index is 12.2. The molecule has 1 aromatic heterocycles. The van der Waals surface area contributed by atoms with E-state index in [9.17, 15) is 14.4 Å². The summed E-state index contributed by atoms with van der Waals surface area (Å²) in [6.07, 6.45) is 2.25. The van der Waals surface area contributed by atoms with Crippen molar-refractivity contribution in [3.63, 3.8) is 0 Å². The topological polar surface area (TPSA) is 59.4 Å². The van der Waals surface area contributed by atoms with Crippen molar-refractivity contribution in [2.45, 2.75) is 13.0 Å². The molecule has 1 aromatic carbocycles. The van der Waals surface area contributed by atoms with E-state index in [1.807, 2.05) is 0 Å². The van der Waals surface area contributed by atoms with Crippen LogP contribution in [0.1, 0.15) is 27.1 Å². The second-order valence-corrected chi connectivity index (χ2v) is 4.89. The smallest absolute Gasteiger partial charge is 0.261 e. The molecule has 5 heteroatoms. The zero-order valence-corrected chi connectivity index (χ0v) is 11.4. The van der Waals surface area contributed by atoms with Crippen molar-refractivity contribution in [3.8, 4) is 0 Å². The predicted octanol–water partition coefficient (Wildman–Crippen LogP) is 1.53. The molecule has 106 valence electrons. The van der Waals surface area contributed by atoms with Crippen LogP contribution in [0.3, 0.4) is 0 Å². The molecular formula is C16H14N2O3. The molecule has 1 aliphatic heterocycles. The summed E-state index contributed by atoms with van der Waals surface area (Å²) < 4.78 is 1.57. The largest absolute Gasteiger partial charge is 0.315 e. The summed E-state index contributed by atoms with van der Waals surface area (Å²) in [5.41, 5.74) is 0.832. The Bertz CT molecular complexity index is 729. The molecule has 0 radical (unpaired) electrons. The van der Waals surface area contributed by atoms with E-state index in [-0.39, 0.29) is 17.4 Å². The SMILES string of the molecule is O=C1c2ccccc2C(=O)N1CCCn1ccccc1=O. The van der Waals surface area contributed by atoms with Gasteiger partial charge in [0.05, 0.1) is 11.1 Å². The lowest BCUT2D eigenvalue weighted by molar-refractivity contribution is 0.0650. The van der Waals surface area contributed by atoms with Gasteiger partial charge in [-0.1, -0.05) is 18.2 Å². The zero-order chi connectivity index (χ0) is 14.8. The molecule has 0 spiro atoms. The highest BCUT2D eigenvalue weighted by Gasteiger charge is 2.34. The Morgan fingerprint density at radius 2 is 1.38 bits per heavy atom. The molecule has 0 saturated heterocycles. The van der Waals surface area contributed by atoms with Gasteiger partial charge in [0.25, 0.3) is 11.8 Å². The number of hydrogen-bond acceptors (Lipinski definition) is 3. The van der Waals surface area contributed by atoms with E-state index >= 15 is 0 Å². The zero-order valence-electron chi connectivity index (χ0n) is 11.4. The second kappa shape index (κ2) is 5.36. The number of amides is 2. The lowest BCUT2D eigenvalue weighted by Crippen LogP contribution is -2.32. The van der Waals surface area contributed by atoms with Crippen LogP contribution in [0.25, 0.3) is 0 Å². The molecule has 21 heavy (non-hydrogen) atoms. The average Bonchev–Trinajstić information content (AvgIpc) is 2.74. The number of benzene rings is 1. The number of aromatic nitrogens is 1. The first-order valence-corrected chi connectivity index (χ1v) is 6.79. The molecule has 2 heterocycles. The van der Waals surface area contributed by atoms with Crippen molar-refractivity contribution in [2.75, 3.05) is 6.54 Å². The number of aryl methyl sites for hydroxylation is 1. The highest BCUT2D eigenvalue weighted by Crippen LogP contribution is 2.22. The minimum atomic E-state index is -0.254. The molecule has 1 aliphatic rings. The minimum absolute atomic E-state index is 0.0835. The van der Waals surface area contributed by atoms with Crippen LogP contribution in [0.4, 0.5) is 0 Å². The highest BCUT2D eigenvalue weighted by molar-refractivity contribution is 6.21. The normalized spacial score (nSPS) is 13.6. The van der Waals surface area contributed by atoms with Crippen LogP contribution in [-0.2, 0) is 6.54 Å².